The second-order valence-corrected chi connectivity index (χ2v) is 8.39. The van der Waals surface area contributed by atoms with Crippen molar-refractivity contribution in [3.63, 3.8) is 0 Å². The number of rotatable bonds is 6. The molecule has 3 heterocycles. The van der Waals surface area contributed by atoms with Crippen molar-refractivity contribution in [3.8, 4) is 17.0 Å². The first-order chi connectivity index (χ1) is 15.8. The molecule has 1 amide bonds. The maximum absolute atomic E-state index is 14.2. The largest absolute Gasteiger partial charge is 0.494 e. The van der Waals surface area contributed by atoms with Gasteiger partial charge in [-0.05, 0) is 44.5 Å². The molecule has 3 aromatic rings. The van der Waals surface area contributed by atoms with Gasteiger partial charge in [0.05, 0.1) is 24.7 Å². The number of carbonyl (C=O) groups excluding carboxylic acids is 1. The zero-order valence-corrected chi connectivity index (χ0v) is 19.2. The van der Waals surface area contributed by atoms with E-state index in [1.54, 1.807) is 35.4 Å². The average molecular weight is 454 g/mol. The molecule has 0 bridgehead atoms. The first kappa shape index (κ1) is 22.7. The van der Waals surface area contributed by atoms with Gasteiger partial charge in [-0.2, -0.15) is 5.10 Å². The molecule has 0 saturated carbocycles. The smallest absolute Gasteiger partial charge is 0.244 e. The van der Waals surface area contributed by atoms with Crippen LogP contribution >= 0.6 is 0 Å². The zero-order valence-electron chi connectivity index (χ0n) is 19.2. The summed E-state index contributed by atoms with van der Waals surface area (Å²) in [5, 5.41) is 10.8. The number of carbonyl (C=O) groups is 1. The molecular formula is C23H28FN7O2. The van der Waals surface area contributed by atoms with Gasteiger partial charge in [0.1, 0.15) is 6.54 Å². The van der Waals surface area contributed by atoms with Crippen molar-refractivity contribution in [3.05, 3.63) is 48.2 Å². The van der Waals surface area contributed by atoms with Crippen LogP contribution in [-0.2, 0) is 11.3 Å². The van der Waals surface area contributed by atoms with Gasteiger partial charge in [-0.1, -0.05) is 0 Å². The fourth-order valence-corrected chi connectivity index (χ4v) is 4.02. The van der Waals surface area contributed by atoms with Crippen LogP contribution in [0.3, 0.4) is 0 Å². The summed E-state index contributed by atoms with van der Waals surface area (Å²) in [6.07, 6.45) is 5.03. The van der Waals surface area contributed by atoms with E-state index in [4.69, 9.17) is 4.74 Å². The molecule has 1 aliphatic rings. The van der Waals surface area contributed by atoms with Crippen LogP contribution in [0, 0.1) is 12.7 Å². The number of halogens is 1. The topological polar surface area (TPSA) is 97.2 Å². The van der Waals surface area contributed by atoms with E-state index in [1.165, 1.54) is 13.2 Å². The van der Waals surface area contributed by atoms with Crippen molar-refractivity contribution < 1.29 is 13.9 Å². The Bertz CT molecular complexity index is 1140. The molecule has 2 aromatic heterocycles. The second-order valence-electron chi connectivity index (χ2n) is 8.39. The maximum Gasteiger partial charge on any atom is 0.244 e. The van der Waals surface area contributed by atoms with Crippen molar-refractivity contribution in [2.75, 3.05) is 25.5 Å². The Morgan fingerprint density at radius 1 is 1.27 bits per heavy atom. The summed E-state index contributed by atoms with van der Waals surface area (Å²) < 4.78 is 20.8. The van der Waals surface area contributed by atoms with Gasteiger partial charge in [-0.3, -0.25) is 9.48 Å². The van der Waals surface area contributed by atoms with Crippen LogP contribution in [0.1, 0.15) is 19.4 Å². The second kappa shape index (κ2) is 9.53. The van der Waals surface area contributed by atoms with E-state index in [1.807, 2.05) is 11.8 Å². The van der Waals surface area contributed by atoms with Gasteiger partial charge in [-0.25, -0.2) is 14.4 Å². The highest BCUT2D eigenvalue weighted by molar-refractivity contribution is 5.76. The molecule has 33 heavy (non-hydrogen) atoms. The Hall–Kier alpha value is -3.53. The Morgan fingerprint density at radius 2 is 2.03 bits per heavy atom. The molecule has 2 atom stereocenters. The number of hydrogen-bond acceptors (Lipinski definition) is 7. The lowest BCUT2D eigenvalue weighted by atomic mass is 10.1. The molecule has 2 N–H and O–H groups in total. The minimum Gasteiger partial charge on any atom is -0.494 e. The van der Waals surface area contributed by atoms with Crippen molar-refractivity contribution in [2.24, 2.45) is 0 Å². The van der Waals surface area contributed by atoms with Gasteiger partial charge in [0, 0.05) is 43.1 Å². The third-order valence-corrected chi connectivity index (χ3v) is 5.49. The molecule has 9 nitrogen and oxygen atoms in total. The highest BCUT2D eigenvalue weighted by Crippen LogP contribution is 2.27. The van der Waals surface area contributed by atoms with Crippen LogP contribution in [0.25, 0.3) is 11.3 Å². The molecule has 174 valence electrons. The Labute approximate surface area is 192 Å². The van der Waals surface area contributed by atoms with Crippen molar-refractivity contribution >= 4 is 17.5 Å². The van der Waals surface area contributed by atoms with Gasteiger partial charge in [-0.15, -0.1) is 0 Å². The molecule has 1 aliphatic heterocycles. The van der Waals surface area contributed by atoms with E-state index >= 15 is 0 Å². The molecule has 0 spiro atoms. The zero-order chi connectivity index (χ0) is 23.5. The number of methoxy groups -OCH3 is 1. The molecule has 10 heteroatoms. The number of nitrogens with one attached hydrogen (secondary N) is 2. The number of hydrogen-bond donors (Lipinski definition) is 2. The van der Waals surface area contributed by atoms with Crippen LogP contribution in [0.2, 0.25) is 0 Å². The number of amides is 1. The lowest BCUT2D eigenvalue weighted by molar-refractivity contribution is -0.133. The van der Waals surface area contributed by atoms with E-state index in [2.05, 4.69) is 39.5 Å². The van der Waals surface area contributed by atoms with Crippen molar-refractivity contribution in [1.82, 2.24) is 30.0 Å². The lowest BCUT2D eigenvalue weighted by Crippen LogP contribution is -2.56. The monoisotopic (exact) mass is 453 g/mol. The number of nitrogens with zero attached hydrogens (tertiary/aromatic N) is 5. The highest BCUT2D eigenvalue weighted by atomic mass is 19.1. The fourth-order valence-electron chi connectivity index (χ4n) is 4.02. The Balaban J connectivity index is 1.45. The normalized spacial score (nSPS) is 18.3. The third kappa shape index (κ3) is 5.28. The summed E-state index contributed by atoms with van der Waals surface area (Å²) in [7, 11) is 1.43. The fraction of sp³-hybridized carbons (Fsp3) is 0.391. The van der Waals surface area contributed by atoms with E-state index < -0.39 is 5.82 Å². The lowest BCUT2D eigenvalue weighted by Gasteiger charge is -2.36. The van der Waals surface area contributed by atoms with Crippen LogP contribution in [0.4, 0.5) is 16.0 Å². The molecule has 1 saturated heterocycles. The summed E-state index contributed by atoms with van der Waals surface area (Å²) in [6.45, 7) is 7.53. The predicted octanol–water partition coefficient (Wildman–Crippen LogP) is 2.75. The molecule has 4 rings (SSSR count). The van der Waals surface area contributed by atoms with Gasteiger partial charge in [0.25, 0.3) is 0 Å². The molecule has 1 aromatic carbocycles. The van der Waals surface area contributed by atoms with Crippen molar-refractivity contribution in [2.45, 2.75) is 39.4 Å². The minimum atomic E-state index is -0.457. The molecule has 1 fully saturated rings. The van der Waals surface area contributed by atoms with Gasteiger partial charge in [0.15, 0.2) is 11.6 Å². The van der Waals surface area contributed by atoms with E-state index in [0.717, 1.165) is 5.56 Å². The summed E-state index contributed by atoms with van der Waals surface area (Å²) in [6, 6.07) is 5.24. The van der Waals surface area contributed by atoms with E-state index in [9.17, 15) is 9.18 Å². The average Bonchev–Trinajstić information content (AvgIpc) is 3.21. The molecule has 0 aliphatic carbocycles. The molecule has 2 unspecified atom stereocenters. The summed E-state index contributed by atoms with van der Waals surface area (Å²) in [5.74, 6) is 0.0972. The molecular weight excluding hydrogens is 425 g/mol. The molecule has 0 radical (unpaired) electrons. The van der Waals surface area contributed by atoms with Crippen molar-refractivity contribution in [1.29, 1.82) is 0 Å². The number of aromatic nitrogens is 4. The summed E-state index contributed by atoms with van der Waals surface area (Å²) >= 11 is 0. The Kier molecular flexibility index (Phi) is 6.55. The first-order valence-corrected chi connectivity index (χ1v) is 10.8. The first-order valence-electron chi connectivity index (χ1n) is 10.8. The quantitative estimate of drug-likeness (QED) is 0.592. The van der Waals surface area contributed by atoms with E-state index in [-0.39, 0.29) is 30.3 Å². The van der Waals surface area contributed by atoms with Crippen LogP contribution < -0.4 is 15.4 Å². The number of anilines is 2. The number of piperazine rings is 1. The predicted molar refractivity (Wildman–Crippen MR) is 123 cm³/mol. The summed E-state index contributed by atoms with van der Waals surface area (Å²) in [4.78, 5) is 23.4. The summed E-state index contributed by atoms with van der Waals surface area (Å²) in [5.41, 5.74) is 2.70. The SMILES string of the molecule is COc1ccc(-c2nc(Nc3cnn(CC(=O)N4CC(C)NC(C)C4)c3)ncc2C)cc1F. The number of aryl methyl sites for hydroxylation is 1. The van der Waals surface area contributed by atoms with Crippen LogP contribution in [0.5, 0.6) is 5.75 Å². The number of ether oxygens (including phenoxy) is 1. The minimum absolute atomic E-state index is 0.0280. The Morgan fingerprint density at radius 3 is 2.73 bits per heavy atom. The van der Waals surface area contributed by atoms with Gasteiger partial charge >= 0.3 is 0 Å². The van der Waals surface area contributed by atoms with Gasteiger partial charge in [0.2, 0.25) is 11.9 Å². The van der Waals surface area contributed by atoms with Gasteiger partial charge < -0.3 is 20.3 Å². The maximum atomic E-state index is 14.2. The van der Waals surface area contributed by atoms with Crippen LogP contribution in [0.15, 0.2) is 36.8 Å². The third-order valence-electron chi connectivity index (χ3n) is 5.49. The standard InChI is InChI=1S/C23H28FN7O2/c1-14-8-25-23(29-22(14)17-5-6-20(33-4)19(24)7-17)28-18-9-26-31(12-18)13-21(32)30-10-15(2)27-16(3)11-30/h5-9,12,15-16,27H,10-11,13H2,1-4H3,(H,25,28,29). The van der Waals surface area contributed by atoms with E-state index in [0.29, 0.717) is 36.0 Å². The van der Waals surface area contributed by atoms with Crippen LogP contribution in [-0.4, -0.2) is 62.8 Å². The number of benzene rings is 1. The highest BCUT2D eigenvalue weighted by Gasteiger charge is 2.25.